The Morgan fingerprint density at radius 3 is 2.47 bits per heavy atom. The highest BCUT2D eigenvalue weighted by atomic mass is 19.4. The number of alkyl carbamates (subject to hydrolysis) is 1. The monoisotopic (exact) mass is 507 g/mol. The van der Waals surface area contributed by atoms with Crippen molar-refractivity contribution in [1.82, 2.24) is 20.3 Å². The van der Waals surface area contributed by atoms with Crippen LogP contribution in [0.3, 0.4) is 0 Å². The molecule has 196 valence electrons. The number of rotatable bonds is 7. The first-order valence-corrected chi connectivity index (χ1v) is 11.5. The van der Waals surface area contributed by atoms with Gasteiger partial charge < -0.3 is 25.5 Å². The van der Waals surface area contributed by atoms with E-state index in [0.29, 0.717) is 23.1 Å². The Bertz CT molecular complexity index is 1230. The van der Waals surface area contributed by atoms with Crippen molar-refractivity contribution in [2.24, 2.45) is 5.92 Å². The summed E-state index contributed by atoms with van der Waals surface area (Å²) in [6.07, 6.45) is -3.43. The number of halogens is 3. The first-order valence-electron chi connectivity index (χ1n) is 11.5. The second-order valence-electron chi connectivity index (χ2n) is 10.5. The summed E-state index contributed by atoms with van der Waals surface area (Å²) in [4.78, 5) is 23.4. The fourth-order valence-electron chi connectivity index (χ4n) is 4.04. The Kier molecular flexibility index (Phi) is 7.42. The number of carbonyl (C=O) groups excluding carboxylic acids is 1. The molecule has 0 aliphatic rings. The maximum atomic E-state index is 14.1. The lowest BCUT2D eigenvalue weighted by Gasteiger charge is -2.33. The number of imidazole rings is 1. The molecule has 4 N–H and O–H groups in total. The molecule has 0 radical (unpaired) electrons. The molecule has 0 saturated heterocycles. The van der Waals surface area contributed by atoms with Crippen LogP contribution >= 0.6 is 0 Å². The van der Waals surface area contributed by atoms with Crippen molar-refractivity contribution in [1.29, 1.82) is 0 Å². The first-order chi connectivity index (χ1) is 16.6. The number of benzene rings is 1. The summed E-state index contributed by atoms with van der Waals surface area (Å²) in [5, 5.41) is 2.77. The molecule has 2 aromatic heterocycles. The summed E-state index contributed by atoms with van der Waals surface area (Å²) in [5.41, 5.74) is 4.52. The van der Waals surface area contributed by atoms with Crippen LogP contribution in [0.15, 0.2) is 30.5 Å². The second-order valence-corrected chi connectivity index (χ2v) is 10.5. The molecule has 2 heterocycles. The molecule has 11 heteroatoms. The van der Waals surface area contributed by atoms with Gasteiger partial charge in [-0.15, -0.1) is 0 Å². The lowest BCUT2D eigenvalue weighted by Crippen LogP contribution is -2.52. The van der Waals surface area contributed by atoms with Crippen molar-refractivity contribution >= 4 is 23.2 Å². The molecule has 1 amide bonds. The molecule has 8 nitrogen and oxygen atoms in total. The number of pyridine rings is 1. The SMILES string of the molecule is CC(C)C[C@@](C)(COc1ccc(-c2ccnc3[nH]c(N)nc23)cc1C(F)(F)F)NC(=O)OC(C)(C)C. The normalized spacial score (nSPS) is 14.1. The number of nitrogen functional groups attached to an aromatic ring is 1. The molecule has 0 unspecified atom stereocenters. The zero-order valence-electron chi connectivity index (χ0n) is 21.2. The Morgan fingerprint density at radius 1 is 1.17 bits per heavy atom. The van der Waals surface area contributed by atoms with Gasteiger partial charge in [0.25, 0.3) is 0 Å². The molecule has 3 aromatic rings. The Balaban J connectivity index is 1.92. The molecule has 1 aromatic carbocycles. The van der Waals surface area contributed by atoms with E-state index in [1.807, 2.05) is 13.8 Å². The van der Waals surface area contributed by atoms with Crippen LogP contribution in [-0.4, -0.2) is 38.8 Å². The largest absolute Gasteiger partial charge is 0.491 e. The molecular weight excluding hydrogens is 475 g/mol. The van der Waals surface area contributed by atoms with E-state index in [4.69, 9.17) is 15.2 Å². The van der Waals surface area contributed by atoms with E-state index in [2.05, 4.69) is 20.3 Å². The number of aromatic amines is 1. The Hall–Kier alpha value is -3.50. The van der Waals surface area contributed by atoms with Crippen molar-refractivity contribution in [3.05, 3.63) is 36.0 Å². The van der Waals surface area contributed by atoms with Gasteiger partial charge in [0.2, 0.25) is 0 Å². The fraction of sp³-hybridized carbons (Fsp3) is 0.480. The molecule has 3 rings (SSSR count). The number of nitrogens with two attached hydrogens (primary N) is 1. The van der Waals surface area contributed by atoms with Crippen molar-refractivity contribution in [2.45, 2.75) is 65.3 Å². The van der Waals surface area contributed by atoms with Gasteiger partial charge in [-0.05, 0) is 63.8 Å². The highest BCUT2D eigenvalue weighted by Gasteiger charge is 2.37. The van der Waals surface area contributed by atoms with Crippen molar-refractivity contribution < 1.29 is 27.4 Å². The number of hydrogen-bond donors (Lipinski definition) is 3. The van der Waals surface area contributed by atoms with Gasteiger partial charge in [0.1, 0.15) is 23.5 Å². The third-order valence-electron chi connectivity index (χ3n) is 5.21. The van der Waals surface area contributed by atoms with Crippen LogP contribution < -0.4 is 15.8 Å². The van der Waals surface area contributed by atoms with Crippen LogP contribution in [0.4, 0.5) is 23.9 Å². The van der Waals surface area contributed by atoms with Crippen LogP contribution in [0.25, 0.3) is 22.3 Å². The summed E-state index contributed by atoms with van der Waals surface area (Å²) in [6.45, 7) is 10.6. The van der Waals surface area contributed by atoms with Gasteiger partial charge in [-0.3, -0.25) is 0 Å². The number of ether oxygens (including phenoxy) is 2. The summed E-state index contributed by atoms with van der Waals surface area (Å²) in [5.74, 6) is -0.102. The number of nitrogens with one attached hydrogen (secondary N) is 2. The van der Waals surface area contributed by atoms with E-state index < -0.39 is 29.0 Å². The smallest absolute Gasteiger partial charge is 0.419 e. The number of nitrogens with zero attached hydrogens (tertiary/aromatic N) is 2. The summed E-state index contributed by atoms with van der Waals surface area (Å²) in [6, 6.07) is 5.37. The second kappa shape index (κ2) is 9.87. The van der Waals surface area contributed by atoms with E-state index >= 15 is 0 Å². The highest BCUT2D eigenvalue weighted by molar-refractivity contribution is 5.91. The molecule has 1 atom stereocenters. The van der Waals surface area contributed by atoms with E-state index in [1.54, 1.807) is 33.8 Å². The van der Waals surface area contributed by atoms with Crippen molar-refractivity contribution in [3.63, 3.8) is 0 Å². The van der Waals surface area contributed by atoms with Crippen LogP contribution in [-0.2, 0) is 10.9 Å². The van der Waals surface area contributed by atoms with Gasteiger partial charge in [0.15, 0.2) is 11.6 Å². The zero-order valence-corrected chi connectivity index (χ0v) is 21.2. The number of carbonyl (C=O) groups is 1. The van der Waals surface area contributed by atoms with Gasteiger partial charge in [-0.2, -0.15) is 13.2 Å². The minimum Gasteiger partial charge on any atom is -0.491 e. The van der Waals surface area contributed by atoms with E-state index in [1.165, 1.54) is 18.3 Å². The van der Waals surface area contributed by atoms with E-state index in [9.17, 15) is 18.0 Å². The predicted octanol–water partition coefficient (Wildman–Crippen LogP) is 5.93. The first kappa shape index (κ1) is 27.1. The van der Waals surface area contributed by atoms with Gasteiger partial charge in [0, 0.05) is 11.8 Å². The summed E-state index contributed by atoms with van der Waals surface area (Å²) >= 11 is 0. The standard InChI is InChI=1S/C25H32F3N5O3/c1-14(2)12-24(6,33-22(34)36-23(3,4)5)13-35-18-8-7-15(11-17(18)25(26,27)28)16-9-10-30-20-19(16)31-21(29)32-20/h7-11,14H,12-13H2,1-6H3,(H,33,34)(H3,29,30,31,32)/t24-/m0/s1. The van der Waals surface area contributed by atoms with Gasteiger partial charge >= 0.3 is 12.3 Å². The molecule has 0 aliphatic carbocycles. The number of amides is 1. The Morgan fingerprint density at radius 2 is 1.86 bits per heavy atom. The summed E-state index contributed by atoms with van der Waals surface area (Å²) in [7, 11) is 0. The van der Waals surface area contributed by atoms with Crippen molar-refractivity contribution in [2.75, 3.05) is 12.3 Å². The minimum atomic E-state index is -4.69. The maximum Gasteiger partial charge on any atom is 0.419 e. The number of aromatic nitrogens is 3. The molecule has 0 fully saturated rings. The fourth-order valence-corrected chi connectivity index (χ4v) is 4.04. The molecular formula is C25H32F3N5O3. The zero-order chi connectivity index (χ0) is 26.9. The van der Waals surface area contributed by atoms with Gasteiger partial charge in [0.05, 0.1) is 11.1 Å². The third-order valence-corrected chi connectivity index (χ3v) is 5.21. The number of alkyl halides is 3. The summed E-state index contributed by atoms with van der Waals surface area (Å²) < 4.78 is 53.2. The lowest BCUT2D eigenvalue weighted by molar-refractivity contribution is -0.139. The quantitative estimate of drug-likeness (QED) is 0.365. The maximum absolute atomic E-state index is 14.1. The van der Waals surface area contributed by atoms with E-state index in [-0.39, 0.29) is 29.8 Å². The molecule has 36 heavy (non-hydrogen) atoms. The third kappa shape index (κ3) is 6.79. The number of H-pyrrole nitrogens is 1. The number of anilines is 1. The molecule has 0 saturated carbocycles. The highest BCUT2D eigenvalue weighted by Crippen LogP contribution is 2.40. The molecule has 0 aliphatic heterocycles. The number of hydrogen-bond acceptors (Lipinski definition) is 6. The Labute approximate surface area is 207 Å². The molecule has 0 bridgehead atoms. The topological polar surface area (TPSA) is 115 Å². The van der Waals surface area contributed by atoms with E-state index in [0.717, 1.165) is 6.07 Å². The van der Waals surface area contributed by atoms with Gasteiger partial charge in [-0.1, -0.05) is 19.9 Å². The lowest BCUT2D eigenvalue weighted by atomic mass is 9.91. The average Bonchev–Trinajstić information content (AvgIpc) is 3.09. The number of fused-ring (bicyclic) bond motifs is 1. The van der Waals surface area contributed by atoms with Crippen LogP contribution in [0.2, 0.25) is 0 Å². The van der Waals surface area contributed by atoms with Crippen LogP contribution in [0.5, 0.6) is 5.75 Å². The van der Waals surface area contributed by atoms with Crippen molar-refractivity contribution in [3.8, 4) is 16.9 Å². The van der Waals surface area contributed by atoms with Gasteiger partial charge in [-0.25, -0.2) is 14.8 Å². The average molecular weight is 508 g/mol. The van der Waals surface area contributed by atoms with Crippen LogP contribution in [0, 0.1) is 5.92 Å². The van der Waals surface area contributed by atoms with Crippen LogP contribution in [0.1, 0.15) is 53.5 Å². The molecule has 0 spiro atoms. The predicted molar refractivity (Wildman–Crippen MR) is 131 cm³/mol. The minimum absolute atomic E-state index is 0.114.